The normalized spacial score (nSPS) is 23.7. The van der Waals surface area contributed by atoms with Gasteiger partial charge < -0.3 is 19.9 Å². The fourth-order valence-electron chi connectivity index (χ4n) is 5.94. The van der Waals surface area contributed by atoms with E-state index in [2.05, 4.69) is 34.5 Å². The highest BCUT2D eigenvalue weighted by Gasteiger charge is 2.48. The van der Waals surface area contributed by atoms with Gasteiger partial charge in [-0.2, -0.15) is 0 Å². The lowest BCUT2D eigenvalue weighted by Gasteiger charge is -2.51. The molecule has 1 N–H and O–H groups in total. The summed E-state index contributed by atoms with van der Waals surface area (Å²) in [6, 6.07) is 16.4. The molecule has 3 aliphatic rings. The highest BCUT2D eigenvalue weighted by atomic mass is 16.5. The number of hydrogen-bond donors (Lipinski definition) is 1. The summed E-state index contributed by atoms with van der Waals surface area (Å²) in [5.74, 6) is 1.02. The van der Waals surface area contributed by atoms with Gasteiger partial charge in [0, 0.05) is 25.7 Å². The number of rotatable bonds is 5. The Morgan fingerprint density at radius 2 is 1.97 bits per heavy atom. The summed E-state index contributed by atoms with van der Waals surface area (Å²) < 4.78 is 5.90. The van der Waals surface area contributed by atoms with Gasteiger partial charge in [-0.3, -0.25) is 4.79 Å². The van der Waals surface area contributed by atoms with Crippen LogP contribution in [0.2, 0.25) is 0 Å². The summed E-state index contributed by atoms with van der Waals surface area (Å²) in [5, 5.41) is 3.11. The molecule has 0 unspecified atom stereocenters. The van der Waals surface area contributed by atoms with E-state index in [1.807, 2.05) is 43.0 Å². The monoisotopic (exact) mass is 461 g/mol. The number of fused-ring (bicyclic) bond motifs is 4. The van der Waals surface area contributed by atoms with Crippen LogP contribution in [0.3, 0.4) is 0 Å². The third kappa shape index (κ3) is 4.50. The lowest BCUT2D eigenvalue weighted by atomic mass is 9.76. The van der Waals surface area contributed by atoms with E-state index >= 15 is 0 Å². The van der Waals surface area contributed by atoms with Crippen LogP contribution in [0.5, 0.6) is 5.75 Å². The predicted octanol–water partition coefficient (Wildman–Crippen LogP) is 4.34. The van der Waals surface area contributed by atoms with Gasteiger partial charge in [-0.05, 0) is 74.8 Å². The molecular formula is C28H35N3O3. The third-order valence-electron chi connectivity index (χ3n) is 7.48. The molecule has 0 aliphatic carbocycles. The largest absolute Gasteiger partial charge is 0.491 e. The van der Waals surface area contributed by atoms with Crippen molar-refractivity contribution in [1.82, 2.24) is 15.1 Å². The molecule has 3 aliphatic heterocycles. The van der Waals surface area contributed by atoms with E-state index in [0.29, 0.717) is 13.1 Å². The molecule has 0 radical (unpaired) electrons. The number of piperidine rings is 2. The van der Waals surface area contributed by atoms with Crippen LogP contribution < -0.4 is 10.1 Å². The molecule has 2 saturated heterocycles. The Balaban J connectivity index is 1.31. The van der Waals surface area contributed by atoms with Crippen molar-refractivity contribution in [3.05, 3.63) is 65.2 Å². The second kappa shape index (κ2) is 9.69. The molecule has 2 fully saturated rings. The van der Waals surface area contributed by atoms with Crippen molar-refractivity contribution in [2.45, 2.75) is 64.1 Å². The maximum absolute atomic E-state index is 13.5. The molecule has 5 rings (SSSR count). The second-order valence-electron chi connectivity index (χ2n) is 10.0. The van der Waals surface area contributed by atoms with Gasteiger partial charge in [-0.15, -0.1) is 0 Å². The zero-order valence-electron chi connectivity index (χ0n) is 20.2. The molecule has 0 saturated carbocycles. The Hall–Kier alpha value is -3.02. The molecule has 6 heteroatoms. The number of benzene rings is 2. The first-order chi connectivity index (χ1) is 16.5. The molecule has 0 spiro atoms. The Kier molecular flexibility index (Phi) is 6.48. The lowest BCUT2D eigenvalue weighted by molar-refractivity contribution is -0.148. The first-order valence-electron chi connectivity index (χ1n) is 12.7. The van der Waals surface area contributed by atoms with Gasteiger partial charge >= 0.3 is 6.03 Å². The molecular weight excluding hydrogens is 426 g/mol. The van der Waals surface area contributed by atoms with Crippen molar-refractivity contribution < 1.29 is 14.3 Å². The van der Waals surface area contributed by atoms with Crippen molar-refractivity contribution in [2.75, 3.05) is 19.6 Å². The minimum absolute atomic E-state index is 0.0309. The predicted molar refractivity (Wildman–Crippen MR) is 132 cm³/mol. The molecule has 180 valence electrons. The number of carbonyl (C=O) groups excluding carboxylic acids is 2. The summed E-state index contributed by atoms with van der Waals surface area (Å²) >= 11 is 0. The smallest absolute Gasteiger partial charge is 0.317 e. The highest BCUT2D eigenvalue weighted by molar-refractivity contribution is 5.83. The van der Waals surface area contributed by atoms with Crippen molar-refractivity contribution in [2.24, 2.45) is 5.92 Å². The minimum Gasteiger partial charge on any atom is -0.491 e. The number of nitrogens with zero attached hydrogens (tertiary/aromatic N) is 2. The van der Waals surface area contributed by atoms with Gasteiger partial charge in [0.25, 0.3) is 0 Å². The molecule has 0 bridgehead atoms. The van der Waals surface area contributed by atoms with Crippen LogP contribution in [0.25, 0.3) is 0 Å². The van der Waals surface area contributed by atoms with Crippen LogP contribution in [0.15, 0.2) is 48.5 Å². The van der Waals surface area contributed by atoms with Crippen LogP contribution in [0, 0.1) is 5.92 Å². The Labute approximate surface area is 202 Å². The molecule has 3 atom stereocenters. The zero-order valence-corrected chi connectivity index (χ0v) is 20.2. The van der Waals surface area contributed by atoms with E-state index in [9.17, 15) is 9.59 Å². The molecule has 6 nitrogen and oxygen atoms in total. The Morgan fingerprint density at radius 1 is 1.15 bits per heavy atom. The van der Waals surface area contributed by atoms with Crippen molar-refractivity contribution in [3.63, 3.8) is 0 Å². The number of nitrogens with one attached hydrogen (secondary N) is 1. The van der Waals surface area contributed by atoms with E-state index in [1.54, 1.807) is 0 Å². The number of urea groups is 1. The summed E-state index contributed by atoms with van der Waals surface area (Å²) in [6.07, 6.45) is 4.34. The van der Waals surface area contributed by atoms with Crippen LogP contribution in [-0.4, -0.2) is 53.5 Å². The lowest BCUT2D eigenvalue weighted by Crippen LogP contribution is -2.61. The summed E-state index contributed by atoms with van der Waals surface area (Å²) in [7, 11) is 0. The molecule has 3 amide bonds. The highest BCUT2D eigenvalue weighted by Crippen LogP contribution is 2.44. The molecule has 3 heterocycles. The van der Waals surface area contributed by atoms with E-state index in [4.69, 9.17) is 4.74 Å². The summed E-state index contributed by atoms with van der Waals surface area (Å²) in [5.41, 5.74) is 3.69. The van der Waals surface area contributed by atoms with Gasteiger partial charge in [0.2, 0.25) is 5.91 Å². The van der Waals surface area contributed by atoms with Crippen LogP contribution in [-0.2, 0) is 17.6 Å². The number of amides is 3. The van der Waals surface area contributed by atoms with Gasteiger partial charge in [0.1, 0.15) is 5.75 Å². The summed E-state index contributed by atoms with van der Waals surface area (Å²) in [6.45, 7) is 6.12. The molecule has 2 aromatic rings. The summed E-state index contributed by atoms with van der Waals surface area (Å²) in [4.78, 5) is 30.7. The van der Waals surface area contributed by atoms with Gasteiger partial charge in [0.15, 0.2) is 0 Å². The van der Waals surface area contributed by atoms with E-state index < -0.39 is 0 Å². The maximum atomic E-state index is 13.5. The van der Waals surface area contributed by atoms with Crippen LogP contribution in [0.4, 0.5) is 4.79 Å². The topological polar surface area (TPSA) is 61.9 Å². The van der Waals surface area contributed by atoms with Gasteiger partial charge in [0.05, 0.1) is 18.1 Å². The zero-order chi connectivity index (χ0) is 23.7. The van der Waals surface area contributed by atoms with Crippen molar-refractivity contribution in [1.29, 1.82) is 0 Å². The SMILES string of the molecule is CC(C)Oc1ccc2c(c1)CCN1C(=O)[C@@H]3CCCN(C(=O)NCCc4ccccc4)[C@@H]3C[C@H]21. The fraction of sp³-hybridized carbons (Fsp3) is 0.500. The molecule has 34 heavy (non-hydrogen) atoms. The average Bonchev–Trinajstić information content (AvgIpc) is 2.84. The van der Waals surface area contributed by atoms with Crippen molar-refractivity contribution in [3.8, 4) is 5.75 Å². The number of hydrogen-bond acceptors (Lipinski definition) is 3. The maximum Gasteiger partial charge on any atom is 0.317 e. The molecule has 0 aromatic heterocycles. The van der Waals surface area contributed by atoms with Gasteiger partial charge in [-0.1, -0.05) is 36.4 Å². The number of carbonyl (C=O) groups is 2. The molecule has 2 aromatic carbocycles. The second-order valence-corrected chi connectivity index (χ2v) is 10.0. The van der Waals surface area contributed by atoms with Crippen LogP contribution in [0.1, 0.15) is 55.8 Å². The fourth-order valence-corrected chi connectivity index (χ4v) is 5.94. The van der Waals surface area contributed by atoms with E-state index in [-0.39, 0.29) is 36.0 Å². The van der Waals surface area contributed by atoms with Crippen molar-refractivity contribution >= 4 is 11.9 Å². The van der Waals surface area contributed by atoms with Gasteiger partial charge in [-0.25, -0.2) is 4.79 Å². The first-order valence-corrected chi connectivity index (χ1v) is 12.7. The van der Waals surface area contributed by atoms with E-state index in [0.717, 1.165) is 44.4 Å². The van der Waals surface area contributed by atoms with Crippen LogP contribution >= 0.6 is 0 Å². The van der Waals surface area contributed by atoms with E-state index in [1.165, 1.54) is 16.7 Å². The first kappa shape index (κ1) is 22.8. The average molecular weight is 462 g/mol. The quantitative estimate of drug-likeness (QED) is 0.721. The standard InChI is InChI=1S/C28H35N3O3/c1-19(2)34-22-10-11-23-21(17-22)13-16-30-25(23)18-26-24(27(30)32)9-6-15-31(26)28(33)29-14-12-20-7-4-3-5-8-20/h3-5,7-8,10-11,17,19,24-26H,6,9,12-16,18H2,1-2H3,(H,29,33)/t24-,25-,26-/m1/s1. The number of ether oxygens (including phenoxy) is 1. The minimum atomic E-state index is -0.0880. The Morgan fingerprint density at radius 3 is 2.76 bits per heavy atom. The number of likely N-dealkylation sites (tertiary alicyclic amines) is 1. The Bertz CT molecular complexity index is 1040. The third-order valence-corrected chi connectivity index (χ3v) is 7.48.